The molecule has 2 rings (SSSR count). The van der Waals surface area contributed by atoms with Crippen molar-refractivity contribution in [1.82, 2.24) is 9.97 Å². The van der Waals surface area contributed by atoms with E-state index in [0.717, 1.165) is 12.8 Å². The first-order valence-electron chi connectivity index (χ1n) is 7.33. The van der Waals surface area contributed by atoms with Crippen molar-refractivity contribution in [3.05, 3.63) is 47.3 Å². The Kier molecular flexibility index (Phi) is 5.47. The van der Waals surface area contributed by atoms with Gasteiger partial charge in [0, 0.05) is 6.42 Å². The van der Waals surface area contributed by atoms with Crippen LogP contribution in [-0.2, 0) is 11.2 Å². The van der Waals surface area contributed by atoms with Gasteiger partial charge in [-0.25, -0.2) is 0 Å². The average molecular weight is 299 g/mol. The predicted molar refractivity (Wildman–Crippen MR) is 86.1 cm³/mol. The molecule has 0 aliphatic carbocycles. The first-order valence-corrected chi connectivity index (χ1v) is 7.33. The van der Waals surface area contributed by atoms with Gasteiger partial charge < -0.3 is 10.1 Å². The number of nitrogens with one attached hydrogen (secondary N) is 1. The summed E-state index contributed by atoms with van der Waals surface area (Å²) < 4.78 is 5.01. The summed E-state index contributed by atoms with van der Waals surface area (Å²) in [7, 11) is 1.52. The van der Waals surface area contributed by atoms with E-state index >= 15 is 0 Å². The number of aromatic nitrogens is 2. The van der Waals surface area contributed by atoms with E-state index in [1.54, 1.807) is 0 Å². The summed E-state index contributed by atoms with van der Waals surface area (Å²) in [5, 5.41) is 2.90. The van der Waals surface area contributed by atoms with Gasteiger partial charge in [0.1, 0.15) is 0 Å². The van der Waals surface area contributed by atoms with Crippen LogP contribution in [0, 0.1) is 13.8 Å². The van der Waals surface area contributed by atoms with Gasteiger partial charge in [0.25, 0.3) is 0 Å². The number of carbonyl (C=O) groups is 1. The van der Waals surface area contributed by atoms with Crippen LogP contribution in [0.5, 0.6) is 6.01 Å². The van der Waals surface area contributed by atoms with Crippen LogP contribution in [-0.4, -0.2) is 23.0 Å². The maximum atomic E-state index is 12.1. The van der Waals surface area contributed by atoms with E-state index in [4.69, 9.17) is 4.74 Å². The smallest absolute Gasteiger partial charge is 0.316 e. The van der Waals surface area contributed by atoms with Gasteiger partial charge >= 0.3 is 6.01 Å². The number of anilines is 1. The molecule has 0 aliphatic heterocycles. The summed E-state index contributed by atoms with van der Waals surface area (Å²) in [6.07, 6.45) is 2.18. The second-order valence-corrected chi connectivity index (χ2v) is 5.14. The van der Waals surface area contributed by atoms with E-state index in [-0.39, 0.29) is 5.91 Å². The molecule has 1 N–H and O–H groups in total. The standard InChI is InChI=1S/C17H21N3O2/c1-12-16(13(2)19-17(18-12)22-3)20-15(21)11-7-10-14-8-5-4-6-9-14/h4-6,8-9H,7,10-11H2,1-3H3,(H,20,21). The third-order valence-electron chi connectivity index (χ3n) is 3.41. The molecule has 1 aromatic carbocycles. The summed E-state index contributed by atoms with van der Waals surface area (Å²) >= 11 is 0. The first kappa shape index (κ1) is 15.9. The predicted octanol–water partition coefficient (Wildman–Crippen LogP) is 3.06. The Morgan fingerprint density at radius 1 is 1.14 bits per heavy atom. The fourth-order valence-electron chi connectivity index (χ4n) is 2.26. The van der Waals surface area contributed by atoms with Crippen LogP contribution in [0.4, 0.5) is 5.69 Å². The normalized spacial score (nSPS) is 10.3. The highest BCUT2D eigenvalue weighted by Gasteiger charge is 2.11. The summed E-state index contributed by atoms with van der Waals surface area (Å²) in [6.45, 7) is 3.66. The monoisotopic (exact) mass is 299 g/mol. The Labute approximate surface area is 130 Å². The molecular weight excluding hydrogens is 278 g/mol. The Bertz CT molecular complexity index is 619. The molecule has 5 nitrogen and oxygen atoms in total. The van der Waals surface area contributed by atoms with Crippen LogP contribution < -0.4 is 10.1 Å². The summed E-state index contributed by atoms with van der Waals surface area (Å²) in [5.41, 5.74) is 3.34. The van der Waals surface area contributed by atoms with Crippen molar-refractivity contribution in [3.8, 4) is 6.01 Å². The second kappa shape index (κ2) is 7.54. The van der Waals surface area contributed by atoms with Gasteiger partial charge in [0.2, 0.25) is 5.91 Å². The fraction of sp³-hybridized carbons (Fsp3) is 0.353. The molecule has 2 aromatic rings. The van der Waals surface area contributed by atoms with Crippen LogP contribution in [0.2, 0.25) is 0 Å². The molecule has 0 bridgehead atoms. The van der Waals surface area contributed by atoms with Crippen LogP contribution in [0.25, 0.3) is 0 Å². The molecule has 1 aromatic heterocycles. The average Bonchev–Trinajstić information content (AvgIpc) is 2.51. The molecule has 0 unspecified atom stereocenters. The van der Waals surface area contributed by atoms with E-state index in [0.29, 0.717) is 29.5 Å². The molecule has 22 heavy (non-hydrogen) atoms. The van der Waals surface area contributed by atoms with Gasteiger partial charge in [-0.2, -0.15) is 9.97 Å². The van der Waals surface area contributed by atoms with Crippen molar-refractivity contribution in [3.63, 3.8) is 0 Å². The molecule has 0 radical (unpaired) electrons. The highest BCUT2D eigenvalue weighted by molar-refractivity contribution is 5.91. The number of methoxy groups -OCH3 is 1. The molecule has 0 saturated carbocycles. The topological polar surface area (TPSA) is 64.1 Å². The zero-order valence-electron chi connectivity index (χ0n) is 13.2. The van der Waals surface area contributed by atoms with Crippen molar-refractivity contribution in [1.29, 1.82) is 0 Å². The molecule has 0 aliphatic rings. The zero-order chi connectivity index (χ0) is 15.9. The lowest BCUT2D eigenvalue weighted by molar-refractivity contribution is -0.116. The Hall–Kier alpha value is -2.43. The third-order valence-corrected chi connectivity index (χ3v) is 3.41. The summed E-state index contributed by atoms with van der Waals surface area (Å²) in [6, 6.07) is 10.5. The van der Waals surface area contributed by atoms with Crippen molar-refractivity contribution >= 4 is 11.6 Å². The highest BCUT2D eigenvalue weighted by atomic mass is 16.5. The molecule has 5 heteroatoms. The number of rotatable bonds is 6. The van der Waals surface area contributed by atoms with E-state index in [2.05, 4.69) is 27.4 Å². The number of ether oxygens (including phenoxy) is 1. The first-order chi connectivity index (χ1) is 10.6. The van der Waals surface area contributed by atoms with E-state index in [9.17, 15) is 4.79 Å². The summed E-state index contributed by atoms with van der Waals surface area (Å²) in [4.78, 5) is 20.4. The Morgan fingerprint density at radius 2 is 1.77 bits per heavy atom. The zero-order valence-corrected chi connectivity index (χ0v) is 13.2. The van der Waals surface area contributed by atoms with E-state index in [1.165, 1.54) is 12.7 Å². The van der Waals surface area contributed by atoms with Gasteiger partial charge in [0.05, 0.1) is 24.2 Å². The van der Waals surface area contributed by atoms with E-state index in [1.807, 2.05) is 32.0 Å². The minimum absolute atomic E-state index is 0.0177. The lowest BCUT2D eigenvalue weighted by Gasteiger charge is -2.11. The lowest BCUT2D eigenvalue weighted by atomic mass is 10.1. The maximum absolute atomic E-state index is 12.1. The molecule has 0 spiro atoms. The summed E-state index contributed by atoms with van der Waals surface area (Å²) in [5.74, 6) is -0.0177. The van der Waals surface area contributed by atoms with Gasteiger partial charge in [-0.05, 0) is 32.3 Å². The lowest BCUT2D eigenvalue weighted by Crippen LogP contribution is -2.15. The number of hydrogen-bond donors (Lipinski definition) is 1. The molecule has 116 valence electrons. The van der Waals surface area contributed by atoms with Crippen molar-refractivity contribution in [2.45, 2.75) is 33.1 Å². The van der Waals surface area contributed by atoms with Crippen molar-refractivity contribution in [2.75, 3.05) is 12.4 Å². The van der Waals surface area contributed by atoms with E-state index < -0.39 is 0 Å². The van der Waals surface area contributed by atoms with Crippen molar-refractivity contribution < 1.29 is 9.53 Å². The van der Waals surface area contributed by atoms with Crippen molar-refractivity contribution in [2.24, 2.45) is 0 Å². The van der Waals surface area contributed by atoms with Crippen LogP contribution in [0.15, 0.2) is 30.3 Å². The second-order valence-electron chi connectivity index (χ2n) is 5.14. The molecule has 0 fully saturated rings. The van der Waals surface area contributed by atoms with Gasteiger partial charge in [-0.15, -0.1) is 0 Å². The quantitative estimate of drug-likeness (QED) is 0.890. The SMILES string of the molecule is COc1nc(C)c(NC(=O)CCCc2ccccc2)c(C)n1. The number of benzene rings is 1. The molecule has 1 amide bonds. The highest BCUT2D eigenvalue weighted by Crippen LogP contribution is 2.19. The molecule has 0 saturated heterocycles. The minimum atomic E-state index is -0.0177. The van der Waals surface area contributed by atoms with Crippen LogP contribution in [0.1, 0.15) is 29.8 Å². The van der Waals surface area contributed by atoms with Crippen LogP contribution in [0.3, 0.4) is 0 Å². The molecule has 1 heterocycles. The number of aryl methyl sites for hydroxylation is 3. The van der Waals surface area contributed by atoms with Gasteiger partial charge in [-0.1, -0.05) is 30.3 Å². The molecule has 0 atom stereocenters. The number of hydrogen-bond acceptors (Lipinski definition) is 4. The van der Waals surface area contributed by atoms with Crippen LogP contribution >= 0.6 is 0 Å². The third kappa shape index (κ3) is 4.28. The van der Waals surface area contributed by atoms with Gasteiger partial charge in [-0.3, -0.25) is 4.79 Å². The number of nitrogens with zero attached hydrogens (tertiary/aromatic N) is 2. The largest absolute Gasteiger partial charge is 0.467 e. The maximum Gasteiger partial charge on any atom is 0.316 e. The minimum Gasteiger partial charge on any atom is -0.467 e. The number of carbonyl (C=O) groups excluding carboxylic acids is 1. The molecular formula is C17H21N3O2. The Morgan fingerprint density at radius 3 is 2.36 bits per heavy atom. The Balaban J connectivity index is 1.89. The fourth-order valence-corrected chi connectivity index (χ4v) is 2.26. The number of amides is 1. The van der Waals surface area contributed by atoms with Gasteiger partial charge in [0.15, 0.2) is 0 Å².